The monoisotopic (exact) mass is 391 g/mol. The zero-order valence-corrected chi connectivity index (χ0v) is 16.0. The fraction of sp³-hybridized carbons (Fsp3) is 0.130. The molecule has 3 aromatic carbocycles. The molecule has 0 amide bonds. The highest BCUT2D eigenvalue weighted by atomic mass is 35.5. The molecule has 4 rings (SSSR count). The van der Waals surface area contributed by atoms with Crippen LogP contribution in [0.3, 0.4) is 0 Å². The molecule has 0 aliphatic heterocycles. The van der Waals surface area contributed by atoms with E-state index in [4.69, 9.17) is 16.3 Å². The largest absolute Gasteiger partial charge is 0.487 e. The van der Waals surface area contributed by atoms with Gasteiger partial charge < -0.3 is 9.84 Å². The Bertz CT molecular complexity index is 1190. The third-order valence-corrected chi connectivity index (χ3v) is 5.04. The van der Waals surface area contributed by atoms with Crippen molar-refractivity contribution in [1.82, 2.24) is 4.98 Å². The van der Waals surface area contributed by atoms with Crippen LogP contribution < -0.4 is 4.74 Å². The topological polar surface area (TPSA) is 59.4 Å². The normalized spacial score (nSPS) is 12.2. The Morgan fingerprint density at radius 2 is 1.71 bits per heavy atom. The van der Waals surface area contributed by atoms with Gasteiger partial charge in [0.15, 0.2) is 0 Å². The summed E-state index contributed by atoms with van der Waals surface area (Å²) in [5, 5.41) is 12.8. The minimum atomic E-state index is -0.830. The van der Waals surface area contributed by atoms with E-state index in [1.807, 2.05) is 66.7 Å². The summed E-state index contributed by atoms with van der Waals surface area (Å²) < 4.78 is 5.91. The van der Waals surface area contributed by atoms with Gasteiger partial charge in [0, 0.05) is 10.4 Å². The van der Waals surface area contributed by atoms with Crippen LogP contribution in [0.25, 0.3) is 21.7 Å². The molecular weight excluding hydrogens is 374 g/mol. The maximum atomic E-state index is 11.2. The van der Waals surface area contributed by atoms with E-state index in [1.54, 1.807) is 6.92 Å². The molecule has 0 saturated carbocycles. The standard InChI is InChI=1S/C23H18ClNO3/c1-14(23(26)27)16-2-3-18-11-21(9-6-17(18)10-16)28-13-20-8-5-15-4-7-19(24)12-22(15)25-20/h2-12,14H,13H2,1H3,(H,26,27). The molecule has 0 bridgehead atoms. The highest BCUT2D eigenvalue weighted by Gasteiger charge is 2.13. The lowest BCUT2D eigenvalue weighted by molar-refractivity contribution is -0.138. The van der Waals surface area contributed by atoms with Gasteiger partial charge in [0.05, 0.1) is 17.1 Å². The lowest BCUT2D eigenvalue weighted by Crippen LogP contribution is -2.07. The molecule has 0 spiro atoms. The average Bonchev–Trinajstić information content (AvgIpc) is 2.70. The second-order valence-electron chi connectivity index (χ2n) is 6.76. The Kier molecular flexibility index (Phi) is 4.88. The molecule has 1 N–H and O–H groups in total. The van der Waals surface area contributed by atoms with Crippen molar-refractivity contribution in [3.63, 3.8) is 0 Å². The van der Waals surface area contributed by atoms with E-state index in [9.17, 15) is 9.90 Å². The number of halogens is 1. The van der Waals surface area contributed by atoms with Crippen molar-refractivity contribution in [2.24, 2.45) is 0 Å². The molecule has 1 unspecified atom stereocenters. The zero-order chi connectivity index (χ0) is 19.7. The van der Waals surface area contributed by atoms with Crippen LogP contribution in [0.1, 0.15) is 24.1 Å². The molecule has 0 aliphatic carbocycles. The molecule has 5 heteroatoms. The summed E-state index contributed by atoms with van der Waals surface area (Å²) in [4.78, 5) is 15.8. The molecule has 28 heavy (non-hydrogen) atoms. The van der Waals surface area contributed by atoms with Crippen molar-refractivity contribution in [2.75, 3.05) is 0 Å². The third-order valence-electron chi connectivity index (χ3n) is 4.80. The van der Waals surface area contributed by atoms with Gasteiger partial charge in [-0.05, 0) is 53.6 Å². The number of nitrogens with zero attached hydrogens (tertiary/aromatic N) is 1. The van der Waals surface area contributed by atoms with Gasteiger partial charge in [-0.25, -0.2) is 4.98 Å². The number of benzene rings is 3. The summed E-state index contributed by atoms with van der Waals surface area (Å²) in [7, 11) is 0. The first-order valence-electron chi connectivity index (χ1n) is 8.94. The van der Waals surface area contributed by atoms with Crippen LogP contribution >= 0.6 is 11.6 Å². The Morgan fingerprint density at radius 1 is 1.00 bits per heavy atom. The van der Waals surface area contributed by atoms with E-state index in [2.05, 4.69) is 4.98 Å². The van der Waals surface area contributed by atoms with Crippen LogP contribution in [0.4, 0.5) is 0 Å². The van der Waals surface area contributed by atoms with Gasteiger partial charge in [-0.2, -0.15) is 0 Å². The van der Waals surface area contributed by atoms with E-state index >= 15 is 0 Å². The van der Waals surface area contributed by atoms with Gasteiger partial charge in [-0.1, -0.05) is 48.0 Å². The van der Waals surface area contributed by atoms with Crippen LogP contribution in [0.5, 0.6) is 5.75 Å². The Balaban J connectivity index is 1.53. The summed E-state index contributed by atoms with van der Waals surface area (Å²) in [6.07, 6.45) is 0. The van der Waals surface area contributed by atoms with E-state index in [1.165, 1.54) is 0 Å². The van der Waals surface area contributed by atoms with Crippen molar-refractivity contribution >= 4 is 39.2 Å². The molecule has 0 radical (unpaired) electrons. The molecule has 4 nitrogen and oxygen atoms in total. The fourth-order valence-corrected chi connectivity index (χ4v) is 3.28. The number of ether oxygens (including phenoxy) is 1. The quantitative estimate of drug-likeness (QED) is 0.466. The third kappa shape index (κ3) is 3.78. The lowest BCUT2D eigenvalue weighted by atomic mass is 9.98. The van der Waals surface area contributed by atoms with Crippen LogP contribution in [0.2, 0.25) is 5.02 Å². The van der Waals surface area contributed by atoms with Gasteiger partial charge in [-0.15, -0.1) is 0 Å². The summed E-state index contributed by atoms with van der Waals surface area (Å²) in [6, 6.07) is 21.0. The zero-order valence-electron chi connectivity index (χ0n) is 15.2. The van der Waals surface area contributed by atoms with Gasteiger partial charge in [-0.3, -0.25) is 4.79 Å². The van der Waals surface area contributed by atoms with Gasteiger partial charge >= 0.3 is 5.97 Å². The SMILES string of the molecule is CC(C(=O)O)c1ccc2cc(OCc3ccc4ccc(Cl)cc4n3)ccc2c1. The number of aliphatic carboxylic acids is 1. The van der Waals surface area contributed by atoms with Crippen molar-refractivity contribution in [3.05, 3.63) is 83.0 Å². The number of aromatic nitrogens is 1. The van der Waals surface area contributed by atoms with Crippen LogP contribution in [-0.4, -0.2) is 16.1 Å². The summed E-state index contributed by atoms with van der Waals surface area (Å²) in [6.45, 7) is 2.03. The van der Waals surface area contributed by atoms with E-state index in [0.29, 0.717) is 11.6 Å². The molecule has 1 atom stereocenters. The first kappa shape index (κ1) is 18.3. The minimum Gasteiger partial charge on any atom is -0.487 e. The smallest absolute Gasteiger partial charge is 0.310 e. The Hall–Kier alpha value is -3.11. The molecule has 1 aromatic heterocycles. The Labute approximate surface area is 167 Å². The number of hydrogen-bond donors (Lipinski definition) is 1. The summed E-state index contributed by atoms with van der Waals surface area (Å²) in [5.41, 5.74) is 2.44. The van der Waals surface area contributed by atoms with Crippen molar-refractivity contribution in [3.8, 4) is 5.75 Å². The average molecular weight is 392 g/mol. The van der Waals surface area contributed by atoms with E-state index in [0.717, 1.165) is 38.7 Å². The summed E-state index contributed by atoms with van der Waals surface area (Å²) in [5.74, 6) is -0.629. The molecule has 1 heterocycles. The van der Waals surface area contributed by atoms with E-state index < -0.39 is 11.9 Å². The number of carboxylic acids is 1. The number of carbonyl (C=O) groups is 1. The Morgan fingerprint density at radius 3 is 2.54 bits per heavy atom. The van der Waals surface area contributed by atoms with Gasteiger partial charge in [0.1, 0.15) is 12.4 Å². The van der Waals surface area contributed by atoms with Gasteiger partial charge in [0.2, 0.25) is 0 Å². The van der Waals surface area contributed by atoms with Crippen LogP contribution in [-0.2, 0) is 11.4 Å². The van der Waals surface area contributed by atoms with Gasteiger partial charge in [0.25, 0.3) is 0 Å². The molecule has 140 valence electrons. The van der Waals surface area contributed by atoms with Crippen LogP contribution in [0.15, 0.2) is 66.7 Å². The fourth-order valence-electron chi connectivity index (χ4n) is 3.11. The maximum absolute atomic E-state index is 11.2. The van der Waals surface area contributed by atoms with Crippen LogP contribution in [0, 0.1) is 0 Å². The molecule has 0 saturated heterocycles. The number of carboxylic acid groups (broad SMARTS) is 1. The predicted octanol–water partition coefficient (Wildman–Crippen LogP) is 5.81. The first-order chi connectivity index (χ1) is 13.5. The lowest BCUT2D eigenvalue weighted by Gasteiger charge is -2.10. The second kappa shape index (κ2) is 7.49. The first-order valence-corrected chi connectivity index (χ1v) is 9.32. The van der Waals surface area contributed by atoms with E-state index in [-0.39, 0.29) is 0 Å². The molecule has 0 fully saturated rings. The predicted molar refractivity (Wildman–Crippen MR) is 111 cm³/mol. The van der Waals surface area contributed by atoms with Crippen molar-refractivity contribution in [1.29, 1.82) is 0 Å². The second-order valence-corrected chi connectivity index (χ2v) is 7.19. The number of pyridine rings is 1. The number of fused-ring (bicyclic) bond motifs is 2. The van der Waals surface area contributed by atoms with Crippen molar-refractivity contribution < 1.29 is 14.6 Å². The van der Waals surface area contributed by atoms with Crippen molar-refractivity contribution in [2.45, 2.75) is 19.4 Å². The number of hydrogen-bond acceptors (Lipinski definition) is 3. The molecule has 4 aromatic rings. The highest BCUT2D eigenvalue weighted by Crippen LogP contribution is 2.26. The minimum absolute atomic E-state index is 0.349. The maximum Gasteiger partial charge on any atom is 0.310 e. The molecule has 0 aliphatic rings. The highest BCUT2D eigenvalue weighted by molar-refractivity contribution is 6.31. The number of rotatable bonds is 5. The molecular formula is C23H18ClNO3. The summed E-state index contributed by atoms with van der Waals surface area (Å²) >= 11 is 6.04.